The molecular formula is C21H34O. The first kappa shape index (κ1) is 28.1. The zero-order valence-electron chi connectivity index (χ0n) is 15.2. The SMILES string of the molecule is C=CC.CC.CC.CC=O.c1ccccc1.c1ccccc1. The summed E-state index contributed by atoms with van der Waals surface area (Å²) in [5, 5.41) is 0. The summed E-state index contributed by atoms with van der Waals surface area (Å²) in [7, 11) is 0. The summed E-state index contributed by atoms with van der Waals surface area (Å²) in [6, 6.07) is 24.0. The molecule has 0 aromatic heterocycles. The molecule has 0 N–H and O–H groups in total. The van der Waals surface area contributed by atoms with E-state index in [4.69, 9.17) is 4.79 Å². The first-order chi connectivity index (χ1) is 10.8. The van der Waals surface area contributed by atoms with E-state index < -0.39 is 0 Å². The van der Waals surface area contributed by atoms with Crippen LogP contribution in [0, 0.1) is 0 Å². The minimum atomic E-state index is 0.750. The molecule has 2 rings (SSSR count). The van der Waals surface area contributed by atoms with Crippen molar-refractivity contribution < 1.29 is 4.79 Å². The fourth-order valence-corrected chi connectivity index (χ4v) is 0.770. The summed E-state index contributed by atoms with van der Waals surface area (Å²) in [4.78, 5) is 8.81. The van der Waals surface area contributed by atoms with Gasteiger partial charge in [0, 0.05) is 0 Å². The molecule has 0 fully saturated rings. The van der Waals surface area contributed by atoms with Crippen molar-refractivity contribution in [2.75, 3.05) is 0 Å². The lowest BCUT2D eigenvalue weighted by atomic mass is 10.4. The average Bonchev–Trinajstić information content (AvgIpc) is 2.63. The van der Waals surface area contributed by atoms with E-state index in [-0.39, 0.29) is 0 Å². The number of benzene rings is 2. The Morgan fingerprint density at radius 3 is 0.636 bits per heavy atom. The molecule has 2 aromatic rings. The number of carbonyl (C=O) groups is 1. The molecular weight excluding hydrogens is 268 g/mol. The van der Waals surface area contributed by atoms with E-state index in [0.717, 1.165) is 6.29 Å². The van der Waals surface area contributed by atoms with Crippen LogP contribution in [0.25, 0.3) is 0 Å². The van der Waals surface area contributed by atoms with E-state index in [1.165, 1.54) is 6.92 Å². The topological polar surface area (TPSA) is 17.1 Å². The molecule has 0 heterocycles. The third-order valence-electron chi connectivity index (χ3n) is 1.33. The molecule has 0 saturated carbocycles. The van der Waals surface area contributed by atoms with E-state index in [1.807, 2.05) is 107 Å². The Labute approximate surface area is 138 Å². The molecule has 0 saturated heterocycles. The monoisotopic (exact) mass is 302 g/mol. The largest absolute Gasteiger partial charge is 0.304 e. The van der Waals surface area contributed by atoms with Crippen LogP contribution in [0.2, 0.25) is 0 Å². The Morgan fingerprint density at radius 1 is 0.545 bits per heavy atom. The van der Waals surface area contributed by atoms with Gasteiger partial charge in [-0.05, 0) is 13.8 Å². The third-order valence-corrected chi connectivity index (χ3v) is 1.33. The first-order valence-electron chi connectivity index (χ1n) is 7.80. The highest BCUT2D eigenvalue weighted by atomic mass is 16.1. The van der Waals surface area contributed by atoms with Gasteiger partial charge in [-0.1, -0.05) is 107 Å². The van der Waals surface area contributed by atoms with Gasteiger partial charge in [0.15, 0.2) is 0 Å². The zero-order chi connectivity index (χ0) is 17.9. The molecule has 0 atom stereocenters. The van der Waals surface area contributed by atoms with Crippen LogP contribution in [-0.2, 0) is 4.79 Å². The summed E-state index contributed by atoms with van der Waals surface area (Å²) in [5.74, 6) is 0. The predicted molar refractivity (Wildman–Crippen MR) is 103 cm³/mol. The van der Waals surface area contributed by atoms with Crippen molar-refractivity contribution in [1.82, 2.24) is 0 Å². The van der Waals surface area contributed by atoms with Crippen molar-refractivity contribution in [1.29, 1.82) is 0 Å². The van der Waals surface area contributed by atoms with Crippen LogP contribution < -0.4 is 0 Å². The van der Waals surface area contributed by atoms with Gasteiger partial charge < -0.3 is 4.79 Å². The molecule has 124 valence electrons. The van der Waals surface area contributed by atoms with Gasteiger partial charge in [0.1, 0.15) is 6.29 Å². The number of hydrogen-bond donors (Lipinski definition) is 0. The Bertz CT molecular complexity index is 250. The molecule has 0 bridgehead atoms. The smallest absolute Gasteiger partial charge is 0.116 e. The second-order valence-electron chi connectivity index (χ2n) is 2.95. The van der Waals surface area contributed by atoms with E-state index >= 15 is 0 Å². The maximum atomic E-state index is 8.81. The molecule has 0 aliphatic carbocycles. The van der Waals surface area contributed by atoms with Gasteiger partial charge in [-0.25, -0.2) is 0 Å². The second-order valence-corrected chi connectivity index (χ2v) is 2.95. The van der Waals surface area contributed by atoms with Crippen molar-refractivity contribution in [2.45, 2.75) is 41.5 Å². The lowest BCUT2D eigenvalue weighted by Gasteiger charge is -1.69. The minimum Gasteiger partial charge on any atom is -0.304 e. The third kappa shape index (κ3) is 52.2. The number of carbonyl (C=O) groups excluding carboxylic acids is 1. The molecule has 1 heteroatoms. The van der Waals surface area contributed by atoms with E-state index in [0.29, 0.717) is 0 Å². The second kappa shape index (κ2) is 42.8. The van der Waals surface area contributed by atoms with Crippen molar-refractivity contribution in [3.05, 3.63) is 85.5 Å². The van der Waals surface area contributed by atoms with Crippen LogP contribution in [0.1, 0.15) is 41.5 Å². The standard InChI is InChI=1S/2C6H6.C3H6.C2H4O.2C2H6/c2*1-2-4-6-5-3-1;1-3-2;1-2-3;2*1-2/h2*1-6H;3H,1H2,2H3;2H,1H3;2*1-2H3. The first-order valence-corrected chi connectivity index (χ1v) is 7.80. The highest BCUT2D eigenvalue weighted by Gasteiger charge is 1.58. The Kier molecular flexibility index (Phi) is 54.6. The molecule has 2 aromatic carbocycles. The van der Waals surface area contributed by atoms with Crippen LogP contribution in [0.3, 0.4) is 0 Å². The fourth-order valence-electron chi connectivity index (χ4n) is 0.770. The van der Waals surface area contributed by atoms with Crippen molar-refractivity contribution in [3.63, 3.8) is 0 Å². The summed E-state index contributed by atoms with van der Waals surface area (Å²) >= 11 is 0. The summed E-state index contributed by atoms with van der Waals surface area (Å²) in [6.07, 6.45) is 2.50. The molecule has 0 aliphatic rings. The van der Waals surface area contributed by atoms with Crippen LogP contribution in [0.4, 0.5) is 0 Å². The maximum absolute atomic E-state index is 8.81. The normalized spacial score (nSPS) is 6.09. The van der Waals surface area contributed by atoms with Gasteiger partial charge in [0.2, 0.25) is 0 Å². The van der Waals surface area contributed by atoms with Gasteiger partial charge in [0.05, 0.1) is 0 Å². The highest BCUT2D eigenvalue weighted by Crippen LogP contribution is 1.80. The molecule has 0 spiro atoms. The average molecular weight is 303 g/mol. The van der Waals surface area contributed by atoms with E-state index in [1.54, 1.807) is 6.08 Å². The predicted octanol–water partition coefficient (Wildman–Crippen LogP) is 6.82. The Morgan fingerprint density at radius 2 is 0.591 bits per heavy atom. The number of rotatable bonds is 0. The van der Waals surface area contributed by atoms with E-state index in [2.05, 4.69) is 6.58 Å². The molecule has 1 nitrogen and oxygen atoms in total. The van der Waals surface area contributed by atoms with Gasteiger partial charge in [-0.15, -0.1) is 6.58 Å². The van der Waals surface area contributed by atoms with Crippen LogP contribution in [0.15, 0.2) is 85.5 Å². The summed E-state index contributed by atoms with van der Waals surface area (Å²) in [6.45, 7) is 14.7. The number of aldehydes is 1. The van der Waals surface area contributed by atoms with Crippen molar-refractivity contribution >= 4 is 6.29 Å². The minimum absolute atomic E-state index is 0.750. The lowest BCUT2D eigenvalue weighted by Crippen LogP contribution is -1.47. The van der Waals surface area contributed by atoms with Gasteiger partial charge in [0.25, 0.3) is 0 Å². The summed E-state index contributed by atoms with van der Waals surface area (Å²) in [5.41, 5.74) is 0. The number of hydrogen-bond acceptors (Lipinski definition) is 1. The quantitative estimate of drug-likeness (QED) is 0.385. The maximum Gasteiger partial charge on any atom is 0.116 e. The van der Waals surface area contributed by atoms with Gasteiger partial charge in [-0.2, -0.15) is 0 Å². The summed E-state index contributed by atoms with van der Waals surface area (Å²) < 4.78 is 0. The molecule has 0 unspecified atom stereocenters. The zero-order valence-corrected chi connectivity index (χ0v) is 15.2. The van der Waals surface area contributed by atoms with Crippen LogP contribution >= 0.6 is 0 Å². The molecule has 0 amide bonds. The number of allylic oxidation sites excluding steroid dienone is 1. The fraction of sp³-hybridized carbons (Fsp3) is 0.286. The highest BCUT2D eigenvalue weighted by molar-refractivity contribution is 5.44. The van der Waals surface area contributed by atoms with Crippen LogP contribution in [0.5, 0.6) is 0 Å². The van der Waals surface area contributed by atoms with Crippen molar-refractivity contribution in [3.8, 4) is 0 Å². The lowest BCUT2D eigenvalue weighted by molar-refractivity contribution is -0.106. The van der Waals surface area contributed by atoms with Crippen LogP contribution in [-0.4, -0.2) is 6.29 Å². The van der Waals surface area contributed by atoms with Gasteiger partial charge in [-0.3, -0.25) is 0 Å². The Balaban J connectivity index is -0.0000000954. The molecule has 0 aliphatic heterocycles. The molecule has 22 heavy (non-hydrogen) atoms. The van der Waals surface area contributed by atoms with Crippen molar-refractivity contribution in [2.24, 2.45) is 0 Å². The molecule has 0 radical (unpaired) electrons. The van der Waals surface area contributed by atoms with Gasteiger partial charge >= 0.3 is 0 Å². The van der Waals surface area contributed by atoms with E-state index in [9.17, 15) is 0 Å². The Hall–Kier alpha value is -2.15.